The van der Waals surface area contributed by atoms with E-state index in [0.717, 1.165) is 30.9 Å². The molecule has 0 N–H and O–H groups in total. The van der Waals surface area contributed by atoms with Crippen LogP contribution >= 0.6 is 0 Å². The molecule has 29 heavy (non-hydrogen) atoms. The SMILES string of the molecule is COc1ccc(C2=C(N3CCN(Cc4ccccc4)CC3)C(=O)N(C)C2=O)cc1. The highest BCUT2D eigenvalue weighted by Gasteiger charge is 2.40. The van der Waals surface area contributed by atoms with E-state index in [1.165, 1.54) is 10.5 Å². The molecule has 2 aliphatic rings. The minimum Gasteiger partial charge on any atom is -0.497 e. The number of rotatable bonds is 5. The molecular formula is C23H25N3O3. The summed E-state index contributed by atoms with van der Waals surface area (Å²) in [5.41, 5.74) is 3.03. The van der Waals surface area contributed by atoms with E-state index in [-0.39, 0.29) is 11.8 Å². The molecular weight excluding hydrogens is 366 g/mol. The maximum Gasteiger partial charge on any atom is 0.277 e. The van der Waals surface area contributed by atoms with Crippen LogP contribution < -0.4 is 4.74 Å². The second-order valence-electron chi connectivity index (χ2n) is 7.37. The smallest absolute Gasteiger partial charge is 0.277 e. The van der Waals surface area contributed by atoms with Gasteiger partial charge in [0.15, 0.2) is 0 Å². The number of methoxy groups -OCH3 is 1. The van der Waals surface area contributed by atoms with Gasteiger partial charge in [-0.05, 0) is 23.3 Å². The van der Waals surface area contributed by atoms with E-state index in [2.05, 4.69) is 34.1 Å². The molecule has 0 aliphatic carbocycles. The zero-order chi connectivity index (χ0) is 20.4. The fourth-order valence-corrected chi connectivity index (χ4v) is 3.91. The predicted octanol–water partition coefficient (Wildman–Crippen LogP) is 2.22. The van der Waals surface area contributed by atoms with Crippen LogP contribution in [-0.4, -0.2) is 66.9 Å². The van der Waals surface area contributed by atoms with Gasteiger partial charge in [0.25, 0.3) is 11.8 Å². The largest absolute Gasteiger partial charge is 0.497 e. The van der Waals surface area contributed by atoms with Gasteiger partial charge in [-0.1, -0.05) is 42.5 Å². The van der Waals surface area contributed by atoms with Crippen LogP contribution in [0.25, 0.3) is 5.57 Å². The number of likely N-dealkylation sites (N-methyl/N-ethyl adjacent to an activating group) is 1. The third-order valence-corrected chi connectivity index (χ3v) is 5.58. The Morgan fingerprint density at radius 1 is 0.862 bits per heavy atom. The Morgan fingerprint density at radius 3 is 2.14 bits per heavy atom. The molecule has 0 spiro atoms. The number of benzene rings is 2. The van der Waals surface area contributed by atoms with Crippen molar-refractivity contribution in [1.29, 1.82) is 0 Å². The zero-order valence-corrected chi connectivity index (χ0v) is 16.8. The minimum absolute atomic E-state index is 0.225. The van der Waals surface area contributed by atoms with Crippen LogP contribution in [0.4, 0.5) is 0 Å². The first-order valence-corrected chi connectivity index (χ1v) is 9.81. The van der Waals surface area contributed by atoms with Crippen LogP contribution in [0.3, 0.4) is 0 Å². The Hall–Kier alpha value is -3.12. The summed E-state index contributed by atoms with van der Waals surface area (Å²) in [5, 5.41) is 0. The second kappa shape index (κ2) is 8.09. The quantitative estimate of drug-likeness (QED) is 0.732. The van der Waals surface area contributed by atoms with Gasteiger partial charge in [-0.15, -0.1) is 0 Å². The summed E-state index contributed by atoms with van der Waals surface area (Å²) in [4.78, 5) is 31.3. The predicted molar refractivity (Wildman–Crippen MR) is 111 cm³/mol. The summed E-state index contributed by atoms with van der Waals surface area (Å²) < 4.78 is 5.21. The van der Waals surface area contributed by atoms with Gasteiger partial charge in [0.1, 0.15) is 11.4 Å². The third-order valence-electron chi connectivity index (χ3n) is 5.58. The van der Waals surface area contributed by atoms with E-state index in [9.17, 15) is 9.59 Å². The van der Waals surface area contributed by atoms with E-state index in [0.29, 0.717) is 24.4 Å². The van der Waals surface area contributed by atoms with Crippen molar-refractivity contribution in [2.24, 2.45) is 0 Å². The molecule has 2 amide bonds. The maximum absolute atomic E-state index is 12.9. The number of nitrogens with zero attached hydrogens (tertiary/aromatic N) is 3. The van der Waals surface area contributed by atoms with Crippen molar-refractivity contribution in [3.63, 3.8) is 0 Å². The van der Waals surface area contributed by atoms with Crippen LogP contribution in [0.2, 0.25) is 0 Å². The molecule has 6 nitrogen and oxygen atoms in total. The number of hydrogen-bond acceptors (Lipinski definition) is 5. The second-order valence-corrected chi connectivity index (χ2v) is 7.37. The number of ether oxygens (including phenoxy) is 1. The lowest BCUT2D eigenvalue weighted by atomic mass is 10.0. The van der Waals surface area contributed by atoms with Gasteiger partial charge in [0, 0.05) is 39.8 Å². The fourth-order valence-electron chi connectivity index (χ4n) is 3.91. The molecule has 2 aromatic carbocycles. The van der Waals surface area contributed by atoms with Crippen molar-refractivity contribution < 1.29 is 14.3 Å². The average Bonchev–Trinajstić information content (AvgIpc) is 2.99. The topological polar surface area (TPSA) is 53.1 Å². The normalized spacial score (nSPS) is 18.0. The molecule has 0 saturated carbocycles. The molecule has 150 valence electrons. The standard InChI is InChI=1S/C23H25N3O3/c1-24-22(27)20(18-8-10-19(29-2)11-9-18)21(23(24)28)26-14-12-25(13-15-26)16-17-6-4-3-5-7-17/h3-11H,12-16H2,1-2H3. The molecule has 2 aromatic rings. The molecule has 6 heteroatoms. The summed E-state index contributed by atoms with van der Waals surface area (Å²) in [5.74, 6) is 0.245. The van der Waals surface area contributed by atoms with Crippen LogP contribution in [-0.2, 0) is 16.1 Å². The molecule has 2 aliphatic heterocycles. The highest BCUT2D eigenvalue weighted by molar-refractivity contribution is 6.35. The van der Waals surface area contributed by atoms with Crippen molar-refractivity contribution in [2.75, 3.05) is 40.3 Å². The fraction of sp³-hybridized carbons (Fsp3) is 0.304. The Bertz CT molecular complexity index is 930. The van der Waals surface area contributed by atoms with Crippen molar-refractivity contribution in [3.8, 4) is 5.75 Å². The monoisotopic (exact) mass is 391 g/mol. The first-order chi connectivity index (χ1) is 14.1. The van der Waals surface area contributed by atoms with E-state index in [1.54, 1.807) is 14.2 Å². The van der Waals surface area contributed by atoms with E-state index in [1.807, 2.05) is 30.3 Å². The van der Waals surface area contributed by atoms with Gasteiger partial charge >= 0.3 is 0 Å². The molecule has 4 rings (SSSR count). The van der Waals surface area contributed by atoms with Gasteiger partial charge in [-0.3, -0.25) is 19.4 Å². The van der Waals surface area contributed by atoms with Crippen molar-refractivity contribution in [2.45, 2.75) is 6.54 Å². The van der Waals surface area contributed by atoms with Gasteiger partial charge < -0.3 is 9.64 Å². The first kappa shape index (κ1) is 19.2. The number of carbonyl (C=O) groups excluding carboxylic acids is 2. The van der Waals surface area contributed by atoms with E-state index >= 15 is 0 Å². The van der Waals surface area contributed by atoms with Crippen molar-refractivity contribution in [1.82, 2.24) is 14.7 Å². The molecule has 2 heterocycles. The van der Waals surface area contributed by atoms with E-state index in [4.69, 9.17) is 4.74 Å². The molecule has 1 fully saturated rings. The molecule has 0 aromatic heterocycles. The highest BCUT2D eigenvalue weighted by atomic mass is 16.5. The van der Waals surface area contributed by atoms with Gasteiger partial charge in [-0.25, -0.2) is 0 Å². The first-order valence-electron chi connectivity index (χ1n) is 9.81. The number of carbonyl (C=O) groups is 2. The van der Waals surface area contributed by atoms with E-state index < -0.39 is 0 Å². The Balaban J connectivity index is 1.55. The summed E-state index contributed by atoms with van der Waals surface area (Å²) >= 11 is 0. The van der Waals surface area contributed by atoms with Crippen molar-refractivity contribution >= 4 is 17.4 Å². The van der Waals surface area contributed by atoms with Crippen LogP contribution in [0.5, 0.6) is 5.75 Å². The lowest BCUT2D eigenvalue weighted by molar-refractivity contribution is -0.136. The zero-order valence-electron chi connectivity index (χ0n) is 16.8. The minimum atomic E-state index is -0.248. The summed E-state index contributed by atoms with van der Waals surface area (Å²) in [6.45, 7) is 4.02. The summed E-state index contributed by atoms with van der Waals surface area (Å²) in [6.07, 6.45) is 0. The molecule has 1 saturated heterocycles. The maximum atomic E-state index is 12.9. The Kier molecular flexibility index (Phi) is 5.36. The molecule has 0 bridgehead atoms. The van der Waals surface area contributed by atoms with Gasteiger partial charge in [0.2, 0.25) is 0 Å². The molecule has 0 radical (unpaired) electrons. The number of piperazine rings is 1. The van der Waals surface area contributed by atoms with Crippen LogP contribution in [0.15, 0.2) is 60.3 Å². The van der Waals surface area contributed by atoms with Crippen molar-refractivity contribution in [3.05, 3.63) is 71.4 Å². The van der Waals surface area contributed by atoms with Crippen LogP contribution in [0, 0.1) is 0 Å². The lowest BCUT2D eigenvalue weighted by Crippen LogP contribution is -2.46. The average molecular weight is 391 g/mol. The van der Waals surface area contributed by atoms with Gasteiger partial charge in [-0.2, -0.15) is 0 Å². The Labute approximate surface area is 171 Å². The molecule has 0 atom stereocenters. The number of hydrogen-bond donors (Lipinski definition) is 0. The molecule has 0 unspecified atom stereocenters. The highest BCUT2D eigenvalue weighted by Crippen LogP contribution is 2.32. The number of imide groups is 1. The number of amides is 2. The lowest BCUT2D eigenvalue weighted by Gasteiger charge is -2.36. The summed E-state index contributed by atoms with van der Waals surface area (Å²) in [6, 6.07) is 17.7. The summed E-state index contributed by atoms with van der Waals surface area (Å²) in [7, 11) is 3.15. The Morgan fingerprint density at radius 2 is 1.52 bits per heavy atom. The third kappa shape index (κ3) is 3.76. The van der Waals surface area contributed by atoms with Gasteiger partial charge in [0.05, 0.1) is 12.7 Å². The van der Waals surface area contributed by atoms with Crippen LogP contribution in [0.1, 0.15) is 11.1 Å².